The van der Waals surface area contributed by atoms with Crippen molar-refractivity contribution in [1.82, 2.24) is 0 Å². The first-order chi connectivity index (χ1) is 6.25. The topological polar surface area (TPSA) is 46.5 Å². The Labute approximate surface area is 81.8 Å². The first-order valence-electron chi connectivity index (χ1n) is 4.69. The van der Waals surface area contributed by atoms with Crippen LogP contribution in [0.25, 0.3) is 0 Å². The second-order valence-electron chi connectivity index (χ2n) is 3.71. The molecule has 0 aromatic heterocycles. The molecule has 3 nitrogen and oxygen atoms in total. The summed E-state index contributed by atoms with van der Waals surface area (Å²) >= 11 is 1.84. The average Bonchev–Trinajstić information content (AvgIpc) is 2.50. The van der Waals surface area contributed by atoms with E-state index in [0.717, 1.165) is 38.2 Å². The fourth-order valence-corrected chi connectivity index (χ4v) is 3.94. The molecule has 2 saturated heterocycles. The van der Waals surface area contributed by atoms with Crippen molar-refractivity contribution in [2.24, 2.45) is 5.92 Å². The Bertz CT molecular complexity index is 211. The zero-order chi connectivity index (χ0) is 9.31. The predicted octanol–water partition coefficient (Wildman–Crippen LogP) is 1.37. The minimum Gasteiger partial charge on any atom is -0.481 e. The summed E-state index contributed by atoms with van der Waals surface area (Å²) < 4.78 is 5.28. The van der Waals surface area contributed by atoms with E-state index in [1.54, 1.807) is 0 Å². The highest BCUT2D eigenvalue weighted by atomic mass is 32.2. The van der Waals surface area contributed by atoms with E-state index in [2.05, 4.69) is 0 Å². The van der Waals surface area contributed by atoms with Crippen LogP contribution in [0.4, 0.5) is 0 Å². The molecule has 2 heterocycles. The van der Waals surface area contributed by atoms with Crippen molar-refractivity contribution < 1.29 is 14.6 Å². The normalized spacial score (nSPS) is 32.2. The molecule has 1 N–H and O–H groups in total. The largest absolute Gasteiger partial charge is 0.481 e. The Balaban J connectivity index is 2.13. The molecule has 2 aliphatic heterocycles. The average molecular weight is 202 g/mol. The molecule has 0 bridgehead atoms. The molecule has 0 aliphatic carbocycles. The predicted molar refractivity (Wildman–Crippen MR) is 51.0 cm³/mol. The van der Waals surface area contributed by atoms with Crippen LogP contribution in [0.5, 0.6) is 0 Å². The number of hydrogen-bond donors (Lipinski definition) is 1. The maximum atomic E-state index is 11.0. The third kappa shape index (κ3) is 1.57. The fraction of sp³-hybridized carbons (Fsp3) is 0.889. The van der Waals surface area contributed by atoms with E-state index in [0.29, 0.717) is 0 Å². The van der Waals surface area contributed by atoms with Crippen molar-refractivity contribution in [2.75, 3.05) is 19.0 Å². The quantitative estimate of drug-likeness (QED) is 0.697. The van der Waals surface area contributed by atoms with Crippen LogP contribution in [0.3, 0.4) is 0 Å². The lowest BCUT2D eigenvalue weighted by Crippen LogP contribution is -2.40. The van der Waals surface area contributed by atoms with E-state index in [4.69, 9.17) is 9.84 Å². The molecule has 2 fully saturated rings. The minimum absolute atomic E-state index is 0.00405. The Morgan fingerprint density at radius 1 is 1.46 bits per heavy atom. The molecule has 1 unspecified atom stereocenters. The van der Waals surface area contributed by atoms with Crippen molar-refractivity contribution in [3.05, 3.63) is 0 Å². The highest BCUT2D eigenvalue weighted by Crippen LogP contribution is 2.49. The van der Waals surface area contributed by atoms with E-state index < -0.39 is 5.97 Å². The summed E-state index contributed by atoms with van der Waals surface area (Å²) in [5.41, 5.74) is 0. The first-order valence-corrected chi connectivity index (χ1v) is 5.68. The van der Waals surface area contributed by atoms with Crippen molar-refractivity contribution in [1.29, 1.82) is 0 Å². The third-order valence-corrected chi connectivity index (χ3v) is 4.78. The van der Waals surface area contributed by atoms with Crippen LogP contribution in [-0.2, 0) is 9.53 Å². The summed E-state index contributed by atoms with van der Waals surface area (Å²) in [6, 6.07) is 0. The van der Waals surface area contributed by atoms with Crippen LogP contribution < -0.4 is 0 Å². The van der Waals surface area contributed by atoms with Gasteiger partial charge in [-0.1, -0.05) is 0 Å². The lowest BCUT2D eigenvalue weighted by molar-refractivity contribution is -0.143. The highest BCUT2D eigenvalue weighted by molar-refractivity contribution is 8.01. The molecule has 4 heteroatoms. The molecule has 0 saturated carbocycles. The van der Waals surface area contributed by atoms with Crippen LogP contribution in [0.1, 0.15) is 19.3 Å². The van der Waals surface area contributed by atoms with E-state index in [1.165, 1.54) is 0 Å². The second kappa shape index (κ2) is 3.50. The molecule has 2 rings (SSSR count). The summed E-state index contributed by atoms with van der Waals surface area (Å²) in [4.78, 5) is 11.0. The number of carbonyl (C=O) groups is 1. The molecular weight excluding hydrogens is 188 g/mol. The van der Waals surface area contributed by atoms with Gasteiger partial charge in [0.25, 0.3) is 0 Å². The Kier molecular flexibility index (Phi) is 2.51. The van der Waals surface area contributed by atoms with Crippen molar-refractivity contribution in [3.63, 3.8) is 0 Å². The van der Waals surface area contributed by atoms with Gasteiger partial charge in [-0.2, -0.15) is 11.8 Å². The summed E-state index contributed by atoms with van der Waals surface area (Å²) in [7, 11) is 0. The van der Waals surface area contributed by atoms with E-state index >= 15 is 0 Å². The lowest BCUT2D eigenvalue weighted by Gasteiger charge is -2.35. The van der Waals surface area contributed by atoms with Crippen molar-refractivity contribution in [3.8, 4) is 0 Å². The zero-order valence-corrected chi connectivity index (χ0v) is 8.31. The summed E-state index contributed by atoms with van der Waals surface area (Å²) in [6.45, 7) is 1.47. The number of aliphatic carboxylic acids is 1. The van der Waals surface area contributed by atoms with Gasteiger partial charge >= 0.3 is 5.97 Å². The maximum Gasteiger partial charge on any atom is 0.307 e. The molecule has 13 heavy (non-hydrogen) atoms. The number of carboxylic acid groups (broad SMARTS) is 1. The standard InChI is InChI=1S/C9H14O3S/c10-8(11)7-1-6-13-9(7)2-4-12-5-3-9/h7H,1-6H2,(H,10,11). The van der Waals surface area contributed by atoms with Gasteiger partial charge in [0.05, 0.1) is 5.92 Å². The maximum absolute atomic E-state index is 11.0. The van der Waals surface area contributed by atoms with E-state index in [9.17, 15) is 4.79 Å². The summed E-state index contributed by atoms with van der Waals surface area (Å²) in [6.07, 6.45) is 2.66. The number of rotatable bonds is 1. The van der Waals surface area contributed by atoms with Gasteiger partial charge in [-0.3, -0.25) is 4.79 Å². The smallest absolute Gasteiger partial charge is 0.307 e. The Morgan fingerprint density at radius 2 is 2.15 bits per heavy atom. The first kappa shape index (κ1) is 9.34. The Hall–Kier alpha value is -0.220. The van der Waals surface area contributed by atoms with Crippen LogP contribution >= 0.6 is 11.8 Å². The molecule has 1 atom stereocenters. The molecule has 0 radical (unpaired) electrons. The lowest BCUT2D eigenvalue weighted by atomic mass is 9.84. The number of ether oxygens (including phenoxy) is 1. The Morgan fingerprint density at radius 3 is 2.77 bits per heavy atom. The molecule has 0 amide bonds. The van der Waals surface area contributed by atoms with Gasteiger partial charge in [-0.25, -0.2) is 0 Å². The zero-order valence-electron chi connectivity index (χ0n) is 7.49. The fourth-order valence-electron chi connectivity index (χ4n) is 2.30. The van der Waals surface area contributed by atoms with Gasteiger partial charge in [0.2, 0.25) is 0 Å². The van der Waals surface area contributed by atoms with Crippen LogP contribution in [0, 0.1) is 5.92 Å². The molecular formula is C9H14O3S. The number of hydrogen-bond acceptors (Lipinski definition) is 3. The van der Waals surface area contributed by atoms with Crippen LogP contribution in [0.2, 0.25) is 0 Å². The van der Waals surface area contributed by atoms with Crippen LogP contribution in [0.15, 0.2) is 0 Å². The molecule has 0 aromatic carbocycles. The summed E-state index contributed by atoms with van der Waals surface area (Å²) in [5, 5.41) is 9.08. The van der Waals surface area contributed by atoms with Gasteiger partial charge in [0.1, 0.15) is 0 Å². The van der Waals surface area contributed by atoms with Gasteiger partial charge in [0.15, 0.2) is 0 Å². The SMILES string of the molecule is O=C(O)C1CCSC12CCOCC2. The van der Waals surface area contributed by atoms with E-state index in [-0.39, 0.29) is 10.7 Å². The molecule has 0 aromatic rings. The van der Waals surface area contributed by atoms with Gasteiger partial charge in [0, 0.05) is 18.0 Å². The van der Waals surface area contributed by atoms with Gasteiger partial charge in [-0.05, 0) is 25.0 Å². The molecule has 1 spiro atoms. The van der Waals surface area contributed by atoms with Crippen molar-refractivity contribution >= 4 is 17.7 Å². The second-order valence-corrected chi connectivity index (χ2v) is 5.22. The monoisotopic (exact) mass is 202 g/mol. The van der Waals surface area contributed by atoms with Crippen LogP contribution in [-0.4, -0.2) is 34.8 Å². The highest BCUT2D eigenvalue weighted by Gasteiger charge is 2.48. The number of thioether (sulfide) groups is 1. The van der Waals surface area contributed by atoms with Gasteiger partial charge in [-0.15, -0.1) is 0 Å². The van der Waals surface area contributed by atoms with E-state index in [1.807, 2.05) is 11.8 Å². The molecule has 74 valence electrons. The minimum atomic E-state index is -0.619. The van der Waals surface area contributed by atoms with Crippen molar-refractivity contribution in [2.45, 2.75) is 24.0 Å². The van der Waals surface area contributed by atoms with Gasteiger partial charge < -0.3 is 9.84 Å². The molecule has 2 aliphatic rings. The number of carboxylic acids is 1. The third-order valence-electron chi connectivity index (χ3n) is 3.07. The summed E-state index contributed by atoms with van der Waals surface area (Å²) in [5.74, 6) is 0.241.